The lowest BCUT2D eigenvalue weighted by atomic mass is 10.1. The molecule has 0 spiro atoms. The lowest BCUT2D eigenvalue weighted by molar-refractivity contribution is -0.140. The van der Waals surface area contributed by atoms with E-state index in [0.29, 0.717) is 23.2 Å². The second-order valence-electron chi connectivity index (χ2n) is 7.41. The van der Waals surface area contributed by atoms with Gasteiger partial charge in [0.15, 0.2) is 5.78 Å². The molecule has 8 nitrogen and oxygen atoms in total. The molecule has 0 bridgehead atoms. The van der Waals surface area contributed by atoms with Crippen molar-refractivity contribution < 1.29 is 14.3 Å². The lowest BCUT2D eigenvalue weighted by Crippen LogP contribution is -2.30. The molecule has 160 valence electrons. The number of unbranched alkanes of at least 4 members (excludes halogenated alkanes) is 2. The van der Waals surface area contributed by atoms with Gasteiger partial charge in [0.1, 0.15) is 18.2 Å². The van der Waals surface area contributed by atoms with Gasteiger partial charge < -0.3 is 9.30 Å². The third-order valence-electron chi connectivity index (χ3n) is 5.41. The highest BCUT2D eigenvalue weighted by molar-refractivity contribution is 5.97. The van der Waals surface area contributed by atoms with E-state index in [1.807, 2.05) is 26.0 Å². The molecule has 0 saturated heterocycles. The first kappa shape index (κ1) is 23.1. The highest BCUT2D eigenvalue weighted by Crippen LogP contribution is 2.18. The molecule has 0 unspecified atom stereocenters. The van der Waals surface area contributed by atoms with Crippen LogP contribution in [0.5, 0.6) is 0 Å². The first-order valence-corrected chi connectivity index (χ1v) is 9.96. The maximum atomic E-state index is 12.9. The summed E-state index contributed by atoms with van der Waals surface area (Å²) in [5, 5.41) is 13.4. The number of rotatable bonds is 9. The molecule has 8 heteroatoms. The van der Waals surface area contributed by atoms with E-state index in [2.05, 4.69) is 14.4 Å². The standard InChI is InChI=1S/C22H28N4O4/c1-14-11-18(17(4)25(14)10-8-6-7-9-21(28)30-5)20(27)13-26-22(29)19(12-23)15(2)16(3)24-26/h11H,6-10,13H2,1-5H3. The number of ether oxygens (including phenoxy) is 1. The molecule has 0 fully saturated rings. The molecule has 2 rings (SSSR count). The average Bonchev–Trinajstić information content (AvgIpc) is 3.00. The highest BCUT2D eigenvalue weighted by atomic mass is 16.5. The second kappa shape index (κ2) is 10.0. The maximum Gasteiger partial charge on any atom is 0.305 e. The molecular formula is C22H28N4O4. The second-order valence-corrected chi connectivity index (χ2v) is 7.41. The number of hydrogen-bond donors (Lipinski definition) is 0. The predicted molar refractivity (Wildman–Crippen MR) is 111 cm³/mol. The number of nitrogens with zero attached hydrogens (tertiary/aromatic N) is 4. The quantitative estimate of drug-likeness (QED) is 0.356. The van der Waals surface area contributed by atoms with Crippen molar-refractivity contribution in [2.45, 2.75) is 66.5 Å². The van der Waals surface area contributed by atoms with Gasteiger partial charge in [-0.15, -0.1) is 0 Å². The molecule has 2 aromatic heterocycles. The number of methoxy groups -OCH3 is 1. The normalized spacial score (nSPS) is 10.7. The maximum absolute atomic E-state index is 12.9. The summed E-state index contributed by atoms with van der Waals surface area (Å²) in [6.45, 7) is 7.74. The van der Waals surface area contributed by atoms with Crippen LogP contribution in [0.15, 0.2) is 10.9 Å². The van der Waals surface area contributed by atoms with E-state index >= 15 is 0 Å². The van der Waals surface area contributed by atoms with E-state index in [4.69, 9.17) is 0 Å². The van der Waals surface area contributed by atoms with Gasteiger partial charge in [-0.3, -0.25) is 14.4 Å². The number of Topliss-reactive ketones (excluding diaryl/α,β-unsaturated/α-hetero) is 1. The van der Waals surface area contributed by atoms with Crippen LogP contribution in [0.2, 0.25) is 0 Å². The van der Waals surface area contributed by atoms with Gasteiger partial charge >= 0.3 is 5.97 Å². The molecule has 30 heavy (non-hydrogen) atoms. The van der Waals surface area contributed by atoms with Gasteiger partial charge in [-0.2, -0.15) is 10.4 Å². The largest absolute Gasteiger partial charge is 0.469 e. The summed E-state index contributed by atoms with van der Waals surface area (Å²) >= 11 is 0. The van der Waals surface area contributed by atoms with Crippen molar-refractivity contribution in [3.05, 3.63) is 50.2 Å². The Kier molecular flexibility index (Phi) is 7.70. The summed E-state index contributed by atoms with van der Waals surface area (Å²) in [6.07, 6.45) is 2.94. The predicted octanol–water partition coefficient (Wildman–Crippen LogP) is 2.77. The van der Waals surface area contributed by atoms with Gasteiger partial charge in [-0.1, -0.05) is 6.42 Å². The number of hydrogen-bond acceptors (Lipinski definition) is 6. The van der Waals surface area contributed by atoms with Gasteiger partial charge in [0.05, 0.1) is 12.8 Å². The van der Waals surface area contributed by atoms with Crippen LogP contribution < -0.4 is 5.56 Å². The Morgan fingerprint density at radius 1 is 1.17 bits per heavy atom. The smallest absolute Gasteiger partial charge is 0.305 e. The van der Waals surface area contributed by atoms with Crippen molar-refractivity contribution >= 4 is 11.8 Å². The number of carbonyl (C=O) groups is 2. The first-order chi connectivity index (χ1) is 14.2. The van der Waals surface area contributed by atoms with Gasteiger partial charge in [-0.25, -0.2) is 4.68 Å². The summed E-state index contributed by atoms with van der Waals surface area (Å²) in [4.78, 5) is 36.5. The van der Waals surface area contributed by atoms with Gasteiger partial charge in [0.2, 0.25) is 0 Å². The molecule has 0 radical (unpaired) electrons. The molecule has 2 aromatic rings. The van der Waals surface area contributed by atoms with E-state index < -0.39 is 5.56 Å². The van der Waals surface area contributed by atoms with Crippen LogP contribution in [0.1, 0.15) is 64.2 Å². The average molecular weight is 412 g/mol. The van der Waals surface area contributed by atoms with Crippen LogP contribution in [0, 0.1) is 39.0 Å². The molecular weight excluding hydrogens is 384 g/mol. The van der Waals surface area contributed by atoms with Gasteiger partial charge in [-0.05, 0) is 52.2 Å². The zero-order valence-electron chi connectivity index (χ0n) is 18.2. The number of esters is 1. The van der Waals surface area contributed by atoms with Gasteiger partial charge in [0, 0.05) is 29.9 Å². The Bertz CT molecular complexity index is 1060. The molecule has 0 aliphatic rings. The highest BCUT2D eigenvalue weighted by Gasteiger charge is 2.19. The number of aryl methyl sites for hydroxylation is 2. The topological polar surface area (TPSA) is 107 Å². The number of aromatic nitrogens is 3. The summed E-state index contributed by atoms with van der Waals surface area (Å²) in [6, 6.07) is 3.73. The Morgan fingerprint density at radius 2 is 1.87 bits per heavy atom. The van der Waals surface area contributed by atoms with Crippen LogP contribution >= 0.6 is 0 Å². The van der Waals surface area contributed by atoms with E-state index in [1.54, 1.807) is 13.8 Å². The minimum absolute atomic E-state index is 0.0210. The van der Waals surface area contributed by atoms with Crippen molar-refractivity contribution in [3.63, 3.8) is 0 Å². The van der Waals surface area contributed by atoms with Crippen LogP contribution in [0.25, 0.3) is 0 Å². The van der Waals surface area contributed by atoms with Crippen molar-refractivity contribution in [2.75, 3.05) is 7.11 Å². The number of carbonyl (C=O) groups excluding carboxylic acids is 2. The molecule has 0 saturated carbocycles. The fourth-order valence-electron chi connectivity index (χ4n) is 3.48. The number of nitriles is 1. The zero-order chi connectivity index (χ0) is 22.4. The number of ketones is 1. The van der Waals surface area contributed by atoms with Crippen molar-refractivity contribution in [2.24, 2.45) is 0 Å². The van der Waals surface area contributed by atoms with E-state index in [1.165, 1.54) is 7.11 Å². The summed E-state index contributed by atoms with van der Waals surface area (Å²) < 4.78 is 7.78. The molecule has 2 heterocycles. The molecule has 0 amide bonds. The molecule has 0 atom stereocenters. The SMILES string of the molecule is COC(=O)CCCCCn1c(C)cc(C(=O)Cn2nc(C)c(C)c(C#N)c2=O)c1C. The first-order valence-electron chi connectivity index (χ1n) is 9.96. The Labute approximate surface area is 176 Å². The minimum Gasteiger partial charge on any atom is -0.469 e. The van der Waals surface area contributed by atoms with Crippen LogP contribution in [-0.4, -0.2) is 33.2 Å². The third kappa shape index (κ3) is 5.03. The fraction of sp³-hybridized carbons (Fsp3) is 0.500. The molecule has 0 aromatic carbocycles. The fourth-order valence-corrected chi connectivity index (χ4v) is 3.48. The Hall–Kier alpha value is -3.21. The molecule has 0 N–H and O–H groups in total. The van der Waals surface area contributed by atoms with E-state index in [0.717, 1.165) is 41.9 Å². The Morgan fingerprint density at radius 3 is 2.50 bits per heavy atom. The summed E-state index contributed by atoms with van der Waals surface area (Å²) in [7, 11) is 1.38. The Balaban J connectivity index is 2.12. The molecule has 0 aliphatic carbocycles. The van der Waals surface area contributed by atoms with E-state index in [-0.39, 0.29) is 23.9 Å². The van der Waals surface area contributed by atoms with E-state index in [9.17, 15) is 19.6 Å². The zero-order valence-corrected chi connectivity index (χ0v) is 18.2. The van der Waals surface area contributed by atoms with Crippen molar-refractivity contribution in [1.82, 2.24) is 14.3 Å². The van der Waals surface area contributed by atoms with Crippen LogP contribution in [0.4, 0.5) is 0 Å². The van der Waals surface area contributed by atoms with Gasteiger partial charge in [0.25, 0.3) is 5.56 Å². The third-order valence-corrected chi connectivity index (χ3v) is 5.41. The van der Waals surface area contributed by atoms with Crippen LogP contribution in [-0.2, 0) is 22.6 Å². The van der Waals surface area contributed by atoms with Crippen molar-refractivity contribution in [3.8, 4) is 6.07 Å². The minimum atomic E-state index is -0.548. The molecule has 0 aliphatic heterocycles. The summed E-state index contributed by atoms with van der Waals surface area (Å²) in [5.74, 6) is -0.423. The lowest BCUT2D eigenvalue weighted by Gasteiger charge is -2.10. The van der Waals surface area contributed by atoms with Crippen molar-refractivity contribution in [1.29, 1.82) is 5.26 Å². The monoisotopic (exact) mass is 412 g/mol. The van der Waals surface area contributed by atoms with Crippen LogP contribution in [0.3, 0.4) is 0 Å². The summed E-state index contributed by atoms with van der Waals surface area (Å²) in [5.41, 5.74) is 2.91.